The van der Waals surface area contributed by atoms with Gasteiger partial charge in [-0.1, -0.05) is 19.1 Å². The van der Waals surface area contributed by atoms with Crippen molar-refractivity contribution in [1.82, 2.24) is 5.32 Å². The maximum atomic E-state index is 13.8. The van der Waals surface area contributed by atoms with Gasteiger partial charge in [-0.2, -0.15) is 0 Å². The summed E-state index contributed by atoms with van der Waals surface area (Å²) in [5.41, 5.74) is 0.626. The van der Waals surface area contributed by atoms with Gasteiger partial charge in [-0.15, -0.1) is 12.3 Å². The number of terminal acetylenes is 1. The molecule has 0 spiro atoms. The fourth-order valence-electron chi connectivity index (χ4n) is 1.52. The van der Waals surface area contributed by atoms with Crippen molar-refractivity contribution >= 4 is 15.9 Å². The Morgan fingerprint density at radius 1 is 1.56 bits per heavy atom. The minimum absolute atomic E-state index is 0.109. The van der Waals surface area contributed by atoms with Gasteiger partial charge in [0.1, 0.15) is 5.82 Å². The van der Waals surface area contributed by atoms with E-state index in [4.69, 9.17) is 6.42 Å². The molecule has 0 fully saturated rings. The van der Waals surface area contributed by atoms with E-state index in [1.807, 2.05) is 6.07 Å². The van der Waals surface area contributed by atoms with Crippen molar-refractivity contribution in [3.05, 3.63) is 34.1 Å². The van der Waals surface area contributed by atoms with Crippen LogP contribution in [-0.2, 0) is 0 Å². The molecule has 0 aliphatic rings. The van der Waals surface area contributed by atoms with Crippen molar-refractivity contribution in [3.8, 4) is 12.3 Å². The van der Waals surface area contributed by atoms with Gasteiger partial charge in [0.05, 0.1) is 4.47 Å². The first-order valence-electron chi connectivity index (χ1n) is 5.31. The third-order valence-corrected chi connectivity index (χ3v) is 2.93. The average molecular weight is 284 g/mol. The fraction of sp³-hybridized carbons (Fsp3) is 0.385. The molecular weight excluding hydrogens is 269 g/mol. The van der Waals surface area contributed by atoms with Crippen LogP contribution in [0.15, 0.2) is 22.7 Å². The molecule has 0 saturated heterocycles. The van der Waals surface area contributed by atoms with E-state index >= 15 is 0 Å². The summed E-state index contributed by atoms with van der Waals surface area (Å²) in [4.78, 5) is 0. The molecule has 1 rings (SSSR count). The largest absolute Gasteiger partial charge is 0.309 e. The minimum Gasteiger partial charge on any atom is -0.309 e. The predicted molar refractivity (Wildman–Crippen MR) is 68.6 cm³/mol. The van der Waals surface area contributed by atoms with Crippen LogP contribution in [0.25, 0.3) is 0 Å². The molecular formula is C13H15BrFN. The first-order chi connectivity index (χ1) is 7.70. The number of benzene rings is 1. The molecule has 1 aromatic carbocycles. The van der Waals surface area contributed by atoms with E-state index in [1.165, 1.54) is 0 Å². The Kier molecular flexibility index (Phi) is 5.51. The maximum absolute atomic E-state index is 13.8. The highest BCUT2D eigenvalue weighted by Gasteiger charge is 2.15. The summed E-state index contributed by atoms with van der Waals surface area (Å²) in [6.07, 6.45) is 6.79. The lowest BCUT2D eigenvalue weighted by molar-refractivity contribution is 0.505. The first kappa shape index (κ1) is 13.2. The second-order valence-electron chi connectivity index (χ2n) is 3.56. The molecule has 0 aliphatic carbocycles. The van der Waals surface area contributed by atoms with Crippen LogP contribution in [0.4, 0.5) is 4.39 Å². The van der Waals surface area contributed by atoms with Gasteiger partial charge in [0, 0.05) is 18.0 Å². The van der Waals surface area contributed by atoms with Crippen LogP contribution in [0.2, 0.25) is 0 Å². The first-order valence-corrected chi connectivity index (χ1v) is 6.10. The van der Waals surface area contributed by atoms with Crippen LogP contribution in [0.1, 0.15) is 31.4 Å². The summed E-state index contributed by atoms with van der Waals surface area (Å²) >= 11 is 3.18. The molecule has 16 heavy (non-hydrogen) atoms. The average Bonchev–Trinajstić information content (AvgIpc) is 2.28. The molecule has 0 heterocycles. The topological polar surface area (TPSA) is 12.0 Å². The van der Waals surface area contributed by atoms with Crippen molar-refractivity contribution in [2.24, 2.45) is 0 Å². The molecule has 1 atom stereocenters. The highest BCUT2D eigenvalue weighted by Crippen LogP contribution is 2.25. The van der Waals surface area contributed by atoms with Gasteiger partial charge >= 0.3 is 0 Å². The van der Waals surface area contributed by atoms with Gasteiger partial charge in [-0.05, 0) is 35.0 Å². The van der Waals surface area contributed by atoms with Crippen molar-refractivity contribution < 1.29 is 4.39 Å². The van der Waals surface area contributed by atoms with Crippen LogP contribution < -0.4 is 5.32 Å². The van der Waals surface area contributed by atoms with Gasteiger partial charge in [0.15, 0.2) is 0 Å². The maximum Gasteiger partial charge on any atom is 0.142 e. The molecule has 86 valence electrons. The van der Waals surface area contributed by atoms with Gasteiger partial charge < -0.3 is 5.32 Å². The molecule has 1 unspecified atom stereocenters. The predicted octanol–water partition coefficient (Wildman–Crippen LogP) is 3.65. The second-order valence-corrected chi connectivity index (χ2v) is 4.41. The minimum atomic E-state index is -0.230. The number of hydrogen-bond donors (Lipinski definition) is 1. The molecule has 0 bridgehead atoms. The SMILES string of the molecule is C#CCC(NCCC)c1cccc(Br)c1F. The van der Waals surface area contributed by atoms with Crippen molar-refractivity contribution in [2.75, 3.05) is 6.54 Å². The smallest absolute Gasteiger partial charge is 0.142 e. The Hall–Kier alpha value is -0.850. The molecule has 3 heteroatoms. The molecule has 0 aromatic heterocycles. The van der Waals surface area contributed by atoms with Crippen LogP contribution in [0, 0.1) is 18.2 Å². The lowest BCUT2D eigenvalue weighted by Gasteiger charge is -2.17. The monoisotopic (exact) mass is 283 g/mol. The van der Waals surface area contributed by atoms with Crippen molar-refractivity contribution in [2.45, 2.75) is 25.8 Å². The zero-order valence-corrected chi connectivity index (χ0v) is 10.8. The molecule has 0 radical (unpaired) electrons. The zero-order valence-electron chi connectivity index (χ0n) is 9.26. The van der Waals surface area contributed by atoms with E-state index in [2.05, 4.69) is 34.1 Å². The number of rotatable bonds is 5. The number of halogens is 2. The fourth-order valence-corrected chi connectivity index (χ4v) is 1.90. The standard InChI is InChI=1S/C13H15BrFN/c1-3-6-12(16-9-4-2)10-7-5-8-11(14)13(10)15/h1,5,7-8,12,16H,4,6,9H2,2H3. The Balaban J connectivity index is 2.92. The highest BCUT2D eigenvalue weighted by molar-refractivity contribution is 9.10. The zero-order chi connectivity index (χ0) is 12.0. The second kappa shape index (κ2) is 6.67. The lowest BCUT2D eigenvalue weighted by Crippen LogP contribution is -2.22. The summed E-state index contributed by atoms with van der Waals surface area (Å²) in [6.45, 7) is 2.90. The summed E-state index contributed by atoms with van der Waals surface area (Å²) in [7, 11) is 0. The lowest BCUT2D eigenvalue weighted by atomic mass is 10.0. The van der Waals surface area contributed by atoms with Gasteiger partial charge in [-0.25, -0.2) is 4.39 Å². The van der Waals surface area contributed by atoms with E-state index in [0.717, 1.165) is 13.0 Å². The Bertz CT molecular complexity index is 384. The normalized spacial score (nSPS) is 12.1. The van der Waals surface area contributed by atoms with Gasteiger partial charge in [0.2, 0.25) is 0 Å². The third-order valence-electron chi connectivity index (χ3n) is 2.32. The van der Waals surface area contributed by atoms with Crippen molar-refractivity contribution in [1.29, 1.82) is 0 Å². The highest BCUT2D eigenvalue weighted by atomic mass is 79.9. The van der Waals surface area contributed by atoms with E-state index in [1.54, 1.807) is 12.1 Å². The van der Waals surface area contributed by atoms with E-state index < -0.39 is 0 Å². The number of nitrogens with one attached hydrogen (secondary N) is 1. The van der Waals surface area contributed by atoms with E-state index in [0.29, 0.717) is 16.5 Å². The van der Waals surface area contributed by atoms with E-state index in [-0.39, 0.29) is 11.9 Å². The quantitative estimate of drug-likeness (QED) is 0.814. The van der Waals surface area contributed by atoms with E-state index in [9.17, 15) is 4.39 Å². The summed E-state index contributed by atoms with van der Waals surface area (Å²) < 4.78 is 14.3. The summed E-state index contributed by atoms with van der Waals surface area (Å²) in [5.74, 6) is 2.35. The molecule has 1 nitrogen and oxygen atoms in total. The molecule has 1 N–H and O–H groups in total. The number of hydrogen-bond acceptors (Lipinski definition) is 1. The van der Waals surface area contributed by atoms with Gasteiger partial charge in [-0.3, -0.25) is 0 Å². The van der Waals surface area contributed by atoms with Crippen molar-refractivity contribution in [3.63, 3.8) is 0 Å². The summed E-state index contributed by atoms with van der Waals surface area (Å²) in [6, 6.07) is 5.16. The third kappa shape index (κ3) is 3.33. The molecule has 0 amide bonds. The van der Waals surface area contributed by atoms with Crippen LogP contribution in [-0.4, -0.2) is 6.54 Å². The van der Waals surface area contributed by atoms with Crippen LogP contribution >= 0.6 is 15.9 Å². The Morgan fingerprint density at radius 2 is 2.31 bits per heavy atom. The Labute approximate surface area is 105 Å². The van der Waals surface area contributed by atoms with Gasteiger partial charge in [0.25, 0.3) is 0 Å². The molecule has 0 aliphatic heterocycles. The Morgan fingerprint density at radius 3 is 2.94 bits per heavy atom. The van der Waals surface area contributed by atoms with Crippen LogP contribution in [0.3, 0.4) is 0 Å². The van der Waals surface area contributed by atoms with Crippen LogP contribution in [0.5, 0.6) is 0 Å². The molecule has 0 saturated carbocycles. The summed E-state index contributed by atoms with van der Waals surface area (Å²) in [5, 5.41) is 3.25. The molecule has 1 aromatic rings.